The molecule has 6 aromatic rings. The molecule has 2 aromatic heterocycles. The van der Waals surface area contributed by atoms with Crippen molar-refractivity contribution >= 4 is 56.5 Å². The molecule has 0 radical (unpaired) electrons. The zero-order valence-electron chi connectivity index (χ0n) is 23.3. The van der Waals surface area contributed by atoms with Crippen LogP contribution in [0.2, 0.25) is 10.0 Å². The lowest BCUT2D eigenvalue weighted by atomic mass is 9.99. The summed E-state index contributed by atoms with van der Waals surface area (Å²) >= 11 is 13.3. The fraction of sp³-hybridized carbons (Fsp3) is 0.118. The lowest BCUT2D eigenvalue weighted by molar-refractivity contribution is 0.478. The maximum atomic E-state index is 13.0. The van der Waals surface area contributed by atoms with Gasteiger partial charge in [-0.25, -0.2) is 9.59 Å². The topological polar surface area (TPSA) is 122 Å². The Balaban J connectivity index is 1.35. The summed E-state index contributed by atoms with van der Waals surface area (Å²) in [4.78, 5) is 26.0. The van der Waals surface area contributed by atoms with Gasteiger partial charge in [0.15, 0.2) is 0 Å². The second-order valence-electron chi connectivity index (χ2n) is 10.5. The second-order valence-corrected chi connectivity index (χ2v) is 11.3. The predicted molar refractivity (Wildman–Crippen MR) is 172 cm³/mol. The monoisotopic (exact) mass is 612 g/mol. The van der Waals surface area contributed by atoms with Crippen LogP contribution >= 0.6 is 23.2 Å². The highest BCUT2D eigenvalue weighted by atomic mass is 35.5. The van der Waals surface area contributed by atoms with Gasteiger partial charge < -0.3 is 25.0 Å². The Kier molecular flexibility index (Phi) is 7.38. The molecule has 0 unspecified atom stereocenters. The van der Waals surface area contributed by atoms with E-state index in [9.17, 15) is 9.59 Å². The van der Waals surface area contributed by atoms with Crippen LogP contribution in [0, 0.1) is 13.8 Å². The van der Waals surface area contributed by atoms with Gasteiger partial charge in [-0.2, -0.15) is 0 Å². The fourth-order valence-corrected chi connectivity index (χ4v) is 5.68. The number of nitrogen functional groups attached to an aromatic ring is 2. The molecule has 0 aliphatic heterocycles. The Morgan fingerprint density at radius 3 is 1.47 bits per heavy atom. The molecular weight excluding hydrogens is 587 g/mol. The molecule has 0 saturated carbocycles. The Labute approximate surface area is 256 Å². The molecule has 0 amide bonds. The largest absolute Gasteiger partial charge is 0.454 e. The summed E-state index contributed by atoms with van der Waals surface area (Å²) in [6, 6.07) is 21.2. The SMILES string of the molecule is Cc1c(Cc2cccc(N)c2)c(=O)oc2cc(Oc3cc4oc(=O)c(Cc5cccc(N)c5)c(C)c4cc3Cl)c(Cl)cc12. The minimum absolute atomic E-state index is 0.221. The Bertz CT molecular complexity index is 2030. The minimum atomic E-state index is -0.462. The smallest absolute Gasteiger partial charge is 0.340 e. The van der Waals surface area contributed by atoms with Crippen LogP contribution in [0.4, 0.5) is 11.4 Å². The summed E-state index contributed by atoms with van der Waals surface area (Å²) in [5.74, 6) is 0.442. The third kappa shape index (κ3) is 5.57. The van der Waals surface area contributed by atoms with E-state index in [4.69, 9.17) is 48.2 Å². The van der Waals surface area contributed by atoms with Gasteiger partial charge in [0, 0.05) is 58.2 Å². The number of ether oxygens (including phenoxy) is 1. The molecule has 2 heterocycles. The molecule has 0 bridgehead atoms. The van der Waals surface area contributed by atoms with E-state index in [1.54, 1.807) is 36.4 Å². The normalized spacial score (nSPS) is 11.3. The standard InChI is InChI=1S/C34H26Cl2N2O5/c1-17-23-13-27(35)31(15-29(23)42-33(39)25(17)11-19-5-3-7-21(37)9-19)41-32-16-30-24(14-28(32)36)18(2)26(34(40)43-30)12-20-6-4-8-22(38)10-20/h3-10,13-16H,11-12,37-38H2,1-2H3. The third-order valence-electron chi connectivity index (χ3n) is 7.56. The molecule has 4 aromatic carbocycles. The van der Waals surface area contributed by atoms with Gasteiger partial charge in [0.05, 0.1) is 10.0 Å². The van der Waals surface area contributed by atoms with Crippen molar-refractivity contribution in [3.63, 3.8) is 0 Å². The van der Waals surface area contributed by atoms with Gasteiger partial charge in [-0.3, -0.25) is 0 Å². The van der Waals surface area contributed by atoms with E-state index in [1.165, 1.54) is 0 Å². The summed E-state index contributed by atoms with van der Waals surface area (Å²) in [6.07, 6.45) is 0.729. The molecule has 0 spiro atoms. The number of nitrogens with two attached hydrogens (primary N) is 2. The first kappa shape index (κ1) is 28.4. The van der Waals surface area contributed by atoms with E-state index in [0.717, 1.165) is 22.3 Å². The first-order valence-electron chi connectivity index (χ1n) is 13.5. The van der Waals surface area contributed by atoms with Gasteiger partial charge in [-0.05, 0) is 72.5 Å². The van der Waals surface area contributed by atoms with E-state index in [2.05, 4.69) is 0 Å². The van der Waals surface area contributed by atoms with Crippen molar-refractivity contribution in [2.45, 2.75) is 26.7 Å². The third-order valence-corrected chi connectivity index (χ3v) is 8.15. The number of anilines is 2. The van der Waals surface area contributed by atoms with Gasteiger partial charge in [0.25, 0.3) is 0 Å². The van der Waals surface area contributed by atoms with Gasteiger partial charge >= 0.3 is 11.3 Å². The number of fused-ring (bicyclic) bond motifs is 2. The lowest BCUT2D eigenvalue weighted by Gasteiger charge is -2.14. The Hall–Kier alpha value is -4.72. The van der Waals surface area contributed by atoms with Gasteiger partial charge in [-0.1, -0.05) is 47.5 Å². The maximum Gasteiger partial charge on any atom is 0.340 e. The number of hydrogen-bond donors (Lipinski definition) is 2. The van der Waals surface area contributed by atoms with Crippen molar-refractivity contribution < 1.29 is 13.6 Å². The molecule has 216 valence electrons. The summed E-state index contributed by atoms with van der Waals surface area (Å²) in [5, 5.41) is 1.92. The van der Waals surface area contributed by atoms with Gasteiger partial charge in [0.2, 0.25) is 0 Å². The van der Waals surface area contributed by atoms with Gasteiger partial charge in [-0.15, -0.1) is 0 Å². The highest BCUT2D eigenvalue weighted by Gasteiger charge is 2.19. The number of halogens is 2. The van der Waals surface area contributed by atoms with Crippen LogP contribution in [0.1, 0.15) is 33.4 Å². The van der Waals surface area contributed by atoms with Crippen LogP contribution in [0.15, 0.2) is 91.2 Å². The molecule has 6 rings (SSSR count). The first-order valence-corrected chi connectivity index (χ1v) is 14.2. The quantitative estimate of drug-likeness (QED) is 0.144. The highest BCUT2D eigenvalue weighted by Crippen LogP contribution is 2.39. The van der Waals surface area contributed by atoms with E-state index in [0.29, 0.717) is 57.3 Å². The summed E-state index contributed by atoms with van der Waals surface area (Å²) < 4.78 is 17.4. The average Bonchev–Trinajstić information content (AvgIpc) is 2.95. The Morgan fingerprint density at radius 2 is 1.07 bits per heavy atom. The van der Waals surface area contributed by atoms with Crippen LogP contribution < -0.4 is 27.5 Å². The van der Waals surface area contributed by atoms with E-state index < -0.39 is 11.3 Å². The predicted octanol–water partition coefficient (Wildman–Crippen LogP) is 7.96. The van der Waals surface area contributed by atoms with E-state index in [1.807, 2.05) is 50.2 Å². The van der Waals surface area contributed by atoms with Crippen molar-refractivity contribution in [2.24, 2.45) is 0 Å². The molecule has 4 N–H and O–H groups in total. The molecule has 0 saturated heterocycles. The first-order chi connectivity index (χ1) is 20.6. The highest BCUT2D eigenvalue weighted by molar-refractivity contribution is 6.33. The van der Waals surface area contributed by atoms with Crippen molar-refractivity contribution in [1.29, 1.82) is 0 Å². The molecule has 7 nitrogen and oxygen atoms in total. The summed E-state index contributed by atoms with van der Waals surface area (Å²) in [6.45, 7) is 3.70. The molecule has 0 aliphatic carbocycles. The van der Waals surface area contributed by atoms with Crippen LogP contribution in [-0.2, 0) is 12.8 Å². The van der Waals surface area contributed by atoms with Crippen molar-refractivity contribution in [3.05, 3.63) is 137 Å². The minimum Gasteiger partial charge on any atom is -0.454 e. The number of aryl methyl sites for hydroxylation is 2. The number of rotatable bonds is 6. The van der Waals surface area contributed by atoms with Crippen LogP contribution in [-0.4, -0.2) is 0 Å². The molecule has 9 heteroatoms. The lowest BCUT2D eigenvalue weighted by Crippen LogP contribution is -2.11. The van der Waals surface area contributed by atoms with Crippen molar-refractivity contribution in [3.8, 4) is 11.5 Å². The Morgan fingerprint density at radius 1 is 0.651 bits per heavy atom. The van der Waals surface area contributed by atoms with Crippen LogP contribution in [0.25, 0.3) is 21.9 Å². The van der Waals surface area contributed by atoms with Crippen LogP contribution in [0.3, 0.4) is 0 Å². The van der Waals surface area contributed by atoms with Crippen molar-refractivity contribution in [2.75, 3.05) is 11.5 Å². The molecular formula is C34H26Cl2N2O5. The van der Waals surface area contributed by atoms with Crippen molar-refractivity contribution in [1.82, 2.24) is 0 Å². The molecule has 0 fully saturated rings. The van der Waals surface area contributed by atoms with Gasteiger partial charge in [0.1, 0.15) is 22.7 Å². The molecule has 0 aliphatic rings. The maximum absolute atomic E-state index is 13.0. The fourth-order valence-electron chi connectivity index (χ4n) is 5.28. The van der Waals surface area contributed by atoms with Crippen LogP contribution in [0.5, 0.6) is 11.5 Å². The number of benzene rings is 4. The summed E-state index contributed by atoms with van der Waals surface area (Å²) in [7, 11) is 0. The molecule has 0 atom stereocenters. The molecule has 43 heavy (non-hydrogen) atoms. The average molecular weight is 613 g/mol. The number of hydrogen-bond acceptors (Lipinski definition) is 7. The zero-order valence-corrected chi connectivity index (χ0v) is 24.8. The van der Waals surface area contributed by atoms with E-state index >= 15 is 0 Å². The van der Waals surface area contributed by atoms with E-state index in [-0.39, 0.29) is 21.5 Å². The summed E-state index contributed by atoms with van der Waals surface area (Å²) in [5.41, 5.74) is 17.1. The zero-order chi connectivity index (χ0) is 30.4. The second kappa shape index (κ2) is 11.2.